The molecule has 2 aromatic rings. The van der Waals surface area contributed by atoms with Crippen LogP contribution in [0.4, 0.5) is 0 Å². The van der Waals surface area contributed by atoms with Crippen molar-refractivity contribution in [3.05, 3.63) is 28.1 Å². The Morgan fingerprint density at radius 1 is 1.47 bits per heavy atom. The molecule has 0 aliphatic heterocycles. The van der Waals surface area contributed by atoms with Crippen molar-refractivity contribution in [2.75, 3.05) is 6.54 Å². The van der Waals surface area contributed by atoms with Crippen LogP contribution < -0.4 is 11.0 Å². The van der Waals surface area contributed by atoms with Crippen molar-refractivity contribution in [3.63, 3.8) is 0 Å². The lowest BCUT2D eigenvalue weighted by Gasteiger charge is -2.21. The van der Waals surface area contributed by atoms with Gasteiger partial charge in [-0.25, -0.2) is 19.3 Å². The van der Waals surface area contributed by atoms with Crippen LogP contribution in [0.1, 0.15) is 44.6 Å². The fourth-order valence-corrected chi connectivity index (χ4v) is 2.16. The third kappa shape index (κ3) is 2.68. The number of nitrogens with zero attached hydrogens (tertiary/aromatic N) is 3. The van der Waals surface area contributed by atoms with E-state index in [4.69, 9.17) is 0 Å². The highest BCUT2D eigenvalue weighted by molar-refractivity contribution is 5.39. The van der Waals surface area contributed by atoms with Gasteiger partial charge in [0.1, 0.15) is 5.82 Å². The van der Waals surface area contributed by atoms with Gasteiger partial charge in [0.05, 0.1) is 5.69 Å². The number of fused-ring (bicyclic) bond motifs is 1. The van der Waals surface area contributed by atoms with Crippen molar-refractivity contribution in [2.45, 2.75) is 46.1 Å². The molecule has 0 saturated heterocycles. The molecule has 6 heteroatoms. The van der Waals surface area contributed by atoms with E-state index < -0.39 is 0 Å². The molecule has 2 unspecified atom stereocenters. The predicted molar refractivity (Wildman–Crippen MR) is 74.5 cm³/mol. The lowest BCUT2D eigenvalue weighted by Crippen LogP contribution is -2.32. The third-order valence-corrected chi connectivity index (χ3v) is 3.52. The molecule has 2 heterocycles. The molecule has 2 aromatic heterocycles. The molecule has 0 aliphatic carbocycles. The van der Waals surface area contributed by atoms with E-state index in [1.54, 1.807) is 0 Å². The van der Waals surface area contributed by atoms with Crippen molar-refractivity contribution in [3.8, 4) is 0 Å². The van der Waals surface area contributed by atoms with Gasteiger partial charge in [-0.2, -0.15) is 5.10 Å². The summed E-state index contributed by atoms with van der Waals surface area (Å²) in [6.07, 6.45) is 1.11. The van der Waals surface area contributed by atoms with Crippen LogP contribution >= 0.6 is 0 Å². The number of aromatic nitrogens is 4. The second-order valence-corrected chi connectivity index (χ2v) is 4.98. The van der Waals surface area contributed by atoms with E-state index in [1.807, 2.05) is 13.0 Å². The predicted octanol–water partition coefficient (Wildman–Crippen LogP) is 1.22. The summed E-state index contributed by atoms with van der Waals surface area (Å²) in [5.41, 5.74) is 1.35. The van der Waals surface area contributed by atoms with Crippen LogP contribution in [0.25, 0.3) is 5.65 Å². The summed E-state index contributed by atoms with van der Waals surface area (Å²) in [5, 5.41) is 9.92. The van der Waals surface area contributed by atoms with E-state index in [0.29, 0.717) is 17.5 Å². The van der Waals surface area contributed by atoms with Crippen LogP contribution in [-0.4, -0.2) is 32.2 Å². The zero-order valence-corrected chi connectivity index (χ0v) is 11.9. The summed E-state index contributed by atoms with van der Waals surface area (Å²) in [4.78, 5) is 16.1. The van der Waals surface area contributed by atoms with Crippen molar-refractivity contribution in [2.24, 2.45) is 0 Å². The van der Waals surface area contributed by atoms with Crippen molar-refractivity contribution in [1.29, 1.82) is 0 Å². The van der Waals surface area contributed by atoms with Crippen molar-refractivity contribution in [1.82, 2.24) is 24.9 Å². The summed E-state index contributed by atoms with van der Waals surface area (Å²) in [5.74, 6) is 0.933. The standard InChI is InChI=1S/C13H21N5O/c1-5-6-14-9(3)8(2)11-7-12-16-17-13(19)18(12)10(4)15-11/h7-9,14H,5-6H2,1-4H3,(H,17,19). The molecule has 0 bridgehead atoms. The number of aryl methyl sites for hydroxylation is 1. The van der Waals surface area contributed by atoms with Crippen molar-refractivity contribution < 1.29 is 0 Å². The highest BCUT2D eigenvalue weighted by Crippen LogP contribution is 2.18. The van der Waals surface area contributed by atoms with Crippen LogP contribution in [0.5, 0.6) is 0 Å². The average Bonchev–Trinajstić information content (AvgIpc) is 2.77. The lowest BCUT2D eigenvalue weighted by molar-refractivity contribution is 0.473. The van der Waals surface area contributed by atoms with Gasteiger partial charge < -0.3 is 5.32 Å². The number of H-pyrrole nitrogens is 1. The molecule has 0 amide bonds. The fourth-order valence-electron chi connectivity index (χ4n) is 2.16. The molecule has 2 N–H and O–H groups in total. The number of rotatable bonds is 5. The van der Waals surface area contributed by atoms with Gasteiger partial charge >= 0.3 is 5.69 Å². The normalized spacial score (nSPS) is 14.7. The number of hydrogen-bond donors (Lipinski definition) is 2. The largest absolute Gasteiger partial charge is 0.349 e. The average molecular weight is 263 g/mol. The van der Waals surface area contributed by atoms with E-state index in [2.05, 4.69) is 41.3 Å². The van der Waals surface area contributed by atoms with Gasteiger partial charge in [-0.1, -0.05) is 13.8 Å². The maximum Gasteiger partial charge on any atom is 0.349 e. The van der Waals surface area contributed by atoms with E-state index in [-0.39, 0.29) is 11.6 Å². The molecule has 2 atom stereocenters. The van der Waals surface area contributed by atoms with Crippen LogP contribution in [0.3, 0.4) is 0 Å². The zero-order valence-electron chi connectivity index (χ0n) is 11.9. The summed E-state index contributed by atoms with van der Waals surface area (Å²) in [7, 11) is 0. The Morgan fingerprint density at radius 3 is 2.89 bits per heavy atom. The van der Waals surface area contributed by atoms with Gasteiger partial charge in [0.15, 0.2) is 5.65 Å². The molecule has 2 rings (SSSR count). The molecule has 6 nitrogen and oxygen atoms in total. The second-order valence-electron chi connectivity index (χ2n) is 4.98. The first-order valence-corrected chi connectivity index (χ1v) is 6.72. The highest BCUT2D eigenvalue weighted by atomic mass is 16.1. The van der Waals surface area contributed by atoms with Gasteiger partial charge in [-0.05, 0) is 26.8 Å². The highest BCUT2D eigenvalue weighted by Gasteiger charge is 2.17. The van der Waals surface area contributed by atoms with E-state index in [1.165, 1.54) is 4.40 Å². The Labute approximate surface area is 112 Å². The maximum absolute atomic E-state index is 11.5. The van der Waals surface area contributed by atoms with Crippen LogP contribution in [0.15, 0.2) is 10.9 Å². The van der Waals surface area contributed by atoms with Crippen LogP contribution in [0.2, 0.25) is 0 Å². The van der Waals surface area contributed by atoms with E-state index in [0.717, 1.165) is 18.7 Å². The van der Waals surface area contributed by atoms with Gasteiger partial charge in [-0.15, -0.1) is 0 Å². The summed E-state index contributed by atoms with van der Waals surface area (Å²) in [6, 6.07) is 2.21. The maximum atomic E-state index is 11.5. The Bertz CT molecular complexity index is 615. The minimum Gasteiger partial charge on any atom is -0.314 e. The first-order valence-electron chi connectivity index (χ1n) is 6.72. The monoisotopic (exact) mass is 263 g/mol. The molecule has 0 spiro atoms. The molecule has 0 aliphatic rings. The summed E-state index contributed by atoms with van der Waals surface area (Å²) in [6.45, 7) is 9.25. The van der Waals surface area contributed by atoms with Crippen LogP contribution in [-0.2, 0) is 0 Å². The Kier molecular flexibility index (Phi) is 3.99. The molecule has 104 valence electrons. The first kappa shape index (κ1) is 13.7. The fraction of sp³-hybridized carbons (Fsp3) is 0.615. The molecule has 0 saturated carbocycles. The molecule has 0 fully saturated rings. The number of aromatic amines is 1. The first-order chi connectivity index (χ1) is 9.04. The third-order valence-electron chi connectivity index (χ3n) is 3.52. The van der Waals surface area contributed by atoms with Gasteiger partial charge in [-0.3, -0.25) is 0 Å². The molecular formula is C13H21N5O. The Morgan fingerprint density at radius 2 is 2.21 bits per heavy atom. The van der Waals surface area contributed by atoms with Gasteiger partial charge in [0.25, 0.3) is 0 Å². The van der Waals surface area contributed by atoms with Crippen molar-refractivity contribution >= 4 is 5.65 Å². The van der Waals surface area contributed by atoms with Gasteiger partial charge in [0, 0.05) is 18.0 Å². The zero-order chi connectivity index (χ0) is 14.0. The van der Waals surface area contributed by atoms with E-state index >= 15 is 0 Å². The molecule has 0 aromatic carbocycles. The number of hydrogen-bond acceptors (Lipinski definition) is 4. The smallest absolute Gasteiger partial charge is 0.314 e. The summed E-state index contributed by atoms with van der Waals surface area (Å²) >= 11 is 0. The quantitative estimate of drug-likeness (QED) is 0.850. The molecular weight excluding hydrogens is 242 g/mol. The SMILES string of the molecule is CCCNC(C)C(C)c1cc2n[nH]c(=O)n2c(C)n1. The Balaban J connectivity index is 2.32. The van der Waals surface area contributed by atoms with Crippen LogP contribution in [0, 0.1) is 6.92 Å². The van der Waals surface area contributed by atoms with Gasteiger partial charge in [0.2, 0.25) is 0 Å². The van der Waals surface area contributed by atoms with E-state index in [9.17, 15) is 4.79 Å². The minimum absolute atomic E-state index is 0.239. The topological polar surface area (TPSA) is 75.1 Å². The minimum atomic E-state index is -0.239. The second kappa shape index (κ2) is 5.52. The Hall–Kier alpha value is -1.69. The lowest BCUT2D eigenvalue weighted by atomic mass is 9.99. The molecule has 0 radical (unpaired) electrons. The summed E-state index contributed by atoms with van der Waals surface area (Å²) < 4.78 is 1.49. The number of nitrogens with one attached hydrogen (secondary N) is 2. The molecule has 19 heavy (non-hydrogen) atoms.